The third kappa shape index (κ3) is 2.19. The fourth-order valence-corrected chi connectivity index (χ4v) is 2.01. The first-order valence-corrected chi connectivity index (χ1v) is 6.03. The Kier molecular flexibility index (Phi) is 3.52. The minimum absolute atomic E-state index is 0.280. The molecule has 1 aliphatic heterocycles. The van der Waals surface area contributed by atoms with Crippen LogP contribution in [0.2, 0.25) is 0 Å². The van der Waals surface area contributed by atoms with Crippen molar-refractivity contribution < 1.29 is 4.92 Å². The largest absolute Gasteiger partial charge is 0.349 e. The van der Waals surface area contributed by atoms with Crippen LogP contribution in [0.15, 0.2) is 33.4 Å². The van der Waals surface area contributed by atoms with Crippen LogP contribution >= 0.6 is 34.8 Å². The molecule has 0 amide bonds. The third-order valence-corrected chi connectivity index (χ3v) is 3.44. The first kappa shape index (κ1) is 13.2. The lowest BCUT2D eigenvalue weighted by Crippen LogP contribution is -2.18. The van der Waals surface area contributed by atoms with E-state index in [4.69, 9.17) is 34.8 Å². The van der Waals surface area contributed by atoms with E-state index in [1.807, 2.05) is 25.1 Å². The summed E-state index contributed by atoms with van der Waals surface area (Å²) in [6.07, 6.45) is 0. The number of nitro groups is 1. The first-order valence-electron chi connectivity index (χ1n) is 4.89. The summed E-state index contributed by atoms with van der Waals surface area (Å²) in [7, 11) is 0. The summed E-state index contributed by atoms with van der Waals surface area (Å²) in [6, 6.07) is 5.57. The van der Waals surface area contributed by atoms with Crippen molar-refractivity contribution in [3.05, 3.63) is 54.7 Å². The van der Waals surface area contributed by atoms with Crippen molar-refractivity contribution in [3.8, 4) is 0 Å². The van der Waals surface area contributed by atoms with E-state index in [9.17, 15) is 10.1 Å². The van der Waals surface area contributed by atoms with E-state index in [1.165, 1.54) is 0 Å². The number of halogens is 3. The summed E-state index contributed by atoms with van der Waals surface area (Å²) in [4.78, 5) is 10.4. The van der Waals surface area contributed by atoms with Gasteiger partial charge in [-0.3, -0.25) is 10.1 Å². The molecule has 18 heavy (non-hydrogen) atoms. The molecule has 0 saturated heterocycles. The summed E-state index contributed by atoms with van der Waals surface area (Å²) in [5.41, 5.74) is 2.53. The maximum atomic E-state index is 11.0. The molecule has 0 atom stereocenters. The lowest BCUT2D eigenvalue weighted by atomic mass is 9.98. The predicted molar refractivity (Wildman–Crippen MR) is 73.3 cm³/mol. The van der Waals surface area contributed by atoms with Gasteiger partial charge in [0.2, 0.25) is 0 Å². The Labute approximate surface area is 118 Å². The topological polar surface area (TPSA) is 55.2 Å². The fourth-order valence-electron chi connectivity index (χ4n) is 1.67. The molecule has 0 bridgehead atoms. The Morgan fingerprint density at radius 3 is 2.56 bits per heavy atom. The van der Waals surface area contributed by atoms with E-state index in [0.29, 0.717) is 5.70 Å². The van der Waals surface area contributed by atoms with Crippen LogP contribution in [0.4, 0.5) is 5.69 Å². The molecule has 1 aromatic rings. The maximum Gasteiger partial charge on any atom is 0.314 e. The highest BCUT2D eigenvalue weighted by atomic mass is 35.5. The zero-order valence-electron chi connectivity index (χ0n) is 9.13. The van der Waals surface area contributed by atoms with E-state index in [0.717, 1.165) is 16.8 Å². The Balaban J connectivity index is 2.61. The minimum atomic E-state index is -0.610. The Morgan fingerprint density at radius 1 is 1.33 bits per heavy atom. The Bertz CT molecular complexity index is 604. The van der Waals surface area contributed by atoms with Crippen molar-refractivity contribution in [2.24, 2.45) is 0 Å². The molecule has 1 aromatic carbocycles. The number of nitrogens with one attached hydrogen (secondary N) is 1. The van der Waals surface area contributed by atoms with Crippen LogP contribution in [0.25, 0.3) is 5.70 Å². The summed E-state index contributed by atoms with van der Waals surface area (Å²) in [6.45, 7) is 1.90. The highest BCUT2D eigenvalue weighted by Gasteiger charge is 2.32. The second-order valence-electron chi connectivity index (χ2n) is 3.73. The fraction of sp³-hybridized carbons (Fsp3) is 0.0909. The van der Waals surface area contributed by atoms with Crippen molar-refractivity contribution in [1.82, 2.24) is 0 Å². The molecule has 1 heterocycles. The normalized spacial score (nSPS) is 15.1. The van der Waals surface area contributed by atoms with Gasteiger partial charge in [0.25, 0.3) is 0 Å². The second kappa shape index (κ2) is 4.80. The number of hydrogen-bond acceptors (Lipinski definition) is 3. The molecular weight excluding hydrogens is 298 g/mol. The van der Waals surface area contributed by atoms with Gasteiger partial charge in [0, 0.05) is 11.3 Å². The van der Waals surface area contributed by atoms with E-state index in [-0.39, 0.29) is 15.2 Å². The van der Waals surface area contributed by atoms with Crippen LogP contribution in [-0.2, 0) is 0 Å². The smallest absolute Gasteiger partial charge is 0.314 e. The van der Waals surface area contributed by atoms with Gasteiger partial charge in [0.1, 0.15) is 10.2 Å². The average Bonchev–Trinajstić information content (AvgIpc) is 2.27. The maximum absolute atomic E-state index is 11.0. The highest BCUT2D eigenvalue weighted by Crippen LogP contribution is 2.41. The summed E-state index contributed by atoms with van der Waals surface area (Å²) >= 11 is 16.8. The summed E-state index contributed by atoms with van der Waals surface area (Å²) < 4.78 is -0.334. The minimum Gasteiger partial charge on any atom is -0.349 e. The molecule has 0 aromatic heterocycles. The number of allylic oxidation sites excluding steroid dienone is 1. The number of rotatable bonds is 2. The predicted octanol–water partition coefficient (Wildman–Crippen LogP) is 4.25. The van der Waals surface area contributed by atoms with Gasteiger partial charge < -0.3 is 5.32 Å². The quantitative estimate of drug-likeness (QED) is 0.656. The molecule has 0 unspecified atom stereocenters. The van der Waals surface area contributed by atoms with Crippen LogP contribution in [0.1, 0.15) is 11.1 Å². The van der Waals surface area contributed by atoms with Gasteiger partial charge in [-0.2, -0.15) is 0 Å². The van der Waals surface area contributed by atoms with Gasteiger partial charge in [-0.25, -0.2) is 0 Å². The number of aryl methyl sites for hydroxylation is 1. The van der Waals surface area contributed by atoms with Gasteiger partial charge in [0.15, 0.2) is 5.03 Å². The van der Waals surface area contributed by atoms with E-state index >= 15 is 0 Å². The Hall–Kier alpha value is -1.23. The molecule has 7 heteroatoms. The van der Waals surface area contributed by atoms with Crippen molar-refractivity contribution in [1.29, 1.82) is 0 Å². The molecule has 1 aliphatic rings. The monoisotopic (exact) mass is 304 g/mol. The molecule has 0 fully saturated rings. The van der Waals surface area contributed by atoms with Gasteiger partial charge in [-0.15, -0.1) is 0 Å². The number of nitrogens with zero attached hydrogens (tertiary/aromatic N) is 1. The van der Waals surface area contributed by atoms with E-state index in [2.05, 4.69) is 5.32 Å². The van der Waals surface area contributed by atoms with Crippen molar-refractivity contribution >= 4 is 46.2 Å². The molecule has 94 valence electrons. The van der Waals surface area contributed by atoms with Gasteiger partial charge >= 0.3 is 5.70 Å². The van der Waals surface area contributed by atoms with Crippen LogP contribution in [0.3, 0.4) is 0 Å². The molecular formula is C11H7Cl3N2O2. The van der Waals surface area contributed by atoms with E-state index < -0.39 is 4.92 Å². The average molecular weight is 306 g/mol. The third-order valence-electron chi connectivity index (χ3n) is 2.50. The summed E-state index contributed by atoms with van der Waals surface area (Å²) in [5, 5.41) is 13.6. The van der Waals surface area contributed by atoms with Crippen molar-refractivity contribution in [3.63, 3.8) is 0 Å². The van der Waals surface area contributed by atoms with E-state index in [1.54, 1.807) is 0 Å². The van der Waals surface area contributed by atoms with Crippen LogP contribution in [-0.4, -0.2) is 4.92 Å². The molecule has 0 radical (unpaired) electrons. The standard InChI is InChI=1S/C11H7Cl3N2O2/c1-5-2-3-7-6(4-5)9(15-7)10(16(17)18)8(12)11(13)14/h2-4,15H,1H3/b10-9+. The molecule has 2 rings (SSSR count). The molecule has 1 N–H and O–H groups in total. The van der Waals surface area contributed by atoms with Crippen molar-refractivity contribution in [2.45, 2.75) is 6.92 Å². The highest BCUT2D eigenvalue weighted by molar-refractivity contribution is 6.60. The summed E-state index contributed by atoms with van der Waals surface area (Å²) in [5.74, 6) is 0. The second-order valence-corrected chi connectivity index (χ2v) is 5.06. The molecule has 0 spiro atoms. The molecule has 0 aliphatic carbocycles. The Morgan fingerprint density at radius 2 is 2.00 bits per heavy atom. The van der Waals surface area contributed by atoms with Gasteiger partial charge in [0.05, 0.1) is 4.92 Å². The lowest BCUT2D eigenvalue weighted by molar-refractivity contribution is -0.418. The number of hydrogen-bond donors (Lipinski definition) is 1. The van der Waals surface area contributed by atoms with Gasteiger partial charge in [-0.05, 0) is 19.1 Å². The van der Waals surface area contributed by atoms with Crippen LogP contribution in [0, 0.1) is 17.0 Å². The van der Waals surface area contributed by atoms with Crippen LogP contribution < -0.4 is 5.32 Å². The first-order chi connectivity index (χ1) is 8.41. The number of fused-ring (bicyclic) bond motifs is 1. The van der Waals surface area contributed by atoms with Gasteiger partial charge in [-0.1, -0.05) is 46.4 Å². The molecule has 0 saturated carbocycles. The number of benzene rings is 1. The van der Waals surface area contributed by atoms with Crippen LogP contribution in [0.5, 0.6) is 0 Å². The SMILES string of the molecule is Cc1ccc2c(c1)/C(=C(/C(Cl)=C(Cl)Cl)[N+](=O)[O-])N2. The zero-order valence-corrected chi connectivity index (χ0v) is 11.4. The van der Waals surface area contributed by atoms with Crippen molar-refractivity contribution in [2.75, 3.05) is 5.32 Å². The number of anilines is 1. The zero-order chi connectivity index (χ0) is 13.4. The lowest BCUT2D eigenvalue weighted by Gasteiger charge is -2.25. The molecule has 4 nitrogen and oxygen atoms in total.